The molecule has 22 heavy (non-hydrogen) atoms. The third-order valence-corrected chi connectivity index (χ3v) is 3.41. The first-order valence-electron chi connectivity index (χ1n) is 7.94. The Balaban J connectivity index is 2.15. The number of nitrogens with one attached hydrogen (secondary N) is 1. The fourth-order valence-corrected chi connectivity index (χ4v) is 2.10. The van der Waals surface area contributed by atoms with Crippen molar-refractivity contribution < 1.29 is 19.4 Å². The van der Waals surface area contributed by atoms with Gasteiger partial charge < -0.3 is 19.9 Å². The molecule has 5 nitrogen and oxygen atoms in total. The summed E-state index contributed by atoms with van der Waals surface area (Å²) in [6, 6.07) is 4.95. The summed E-state index contributed by atoms with van der Waals surface area (Å²) in [5, 5.41) is 12.2. The highest BCUT2D eigenvalue weighted by Crippen LogP contribution is 2.26. The van der Waals surface area contributed by atoms with Gasteiger partial charge in [-0.25, -0.2) is 4.79 Å². The molecule has 2 N–H and O–H groups in total. The first-order valence-corrected chi connectivity index (χ1v) is 7.94. The minimum Gasteiger partial charge on any atom is -0.504 e. The number of phenols is 1. The van der Waals surface area contributed by atoms with E-state index in [9.17, 15) is 9.90 Å². The molecule has 1 aromatic carbocycles. The number of unbranched alkanes of at least 4 members (excludes halogenated alkanes) is 5. The fraction of sp³-hybridized carbons (Fsp3) is 0.588. The van der Waals surface area contributed by atoms with Crippen LogP contribution in [0.1, 0.15) is 51.0 Å². The number of rotatable bonds is 10. The molecule has 0 saturated heterocycles. The minimum absolute atomic E-state index is 0.0805. The quantitative estimate of drug-likeness (QED) is 0.641. The smallest absolute Gasteiger partial charge is 0.407 e. The normalized spacial score (nSPS) is 10.3. The number of hydrogen-bond acceptors (Lipinski definition) is 4. The maximum Gasteiger partial charge on any atom is 0.407 e. The largest absolute Gasteiger partial charge is 0.504 e. The zero-order valence-corrected chi connectivity index (χ0v) is 13.6. The topological polar surface area (TPSA) is 67.8 Å². The molecule has 5 heteroatoms. The third kappa shape index (κ3) is 7.20. The van der Waals surface area contributed by atoms with Crippen molar-refractivity contribution >= 4 is 6.09 Å². The lowest BCUT2D eigenvalue weighted by molar-refractivity contribution is 0.143. The molecule has 0 aliphatic carbocycles. The predicted molar refractivity (Wildman–Crippen MR) is 86.2 cm³/mol. The van der Waals surface area contributed by atoms with Gasteiger partial charge in [0.25, 0.3) is 0 Å². The highest BCUT2D eigenvalue weighted by molar-refractivity contribution is 5.67. The zero-order valence-electron chi connectivity index (χ0n) is 13.6. The highest BCUT2D eigenvalue weighted by atomic mass is 16.5. The van der Waals surface area contributed by atoms with Crippen LogP contribution in [0.15, 0.2) is 18.2 Å². The van der Waals surface area contributed by atoms with Crippen LogP contribution < -0.4 is 10.1 Å². The van der Waals surface area contributed by atoms with Crippen LogP contribution in [-0.4, -0.2) is 24.9 Å². The first kappa shape index (κ1) is 18.1. The van der Waals surface area contributed by atoms with E-state index in [0.717, 1.165) is 18.4 Å². The Morgan fingerprint density at radius 3 is 2.64 bits per heavy atom. The molecule has 0 unspecified atom stereocenters. The number of aromatic hydroxyl groups is 1. The van der Waals surface area contributed by atoms with Crippen LogP contribution >= 0.6 is 0 Å². The van der Waals surface area contributed by atoms with Crippen LogP contribution in [0.3, 0.4) is 0 Å². The van der Waals surface area contributed by atoms with Crippen LogP contribution in [0, 0.1) is 0 Å². The molecular weight excluding hydrogens is 282 g/mol. The van der Waals surface area contributed by atoms with Crippen molar-refractivity contribution in [1.82, 2.24) is 5.32 Å². The number of alkyl carbamates (subject to hydrolysis) is 1. The van der Waals surface area contributed by atoms with E-state index in [2.05, 4.69) is 12.2 Å². The monoisotopic (exact) mass is 309 g/mol. The van der Waals surface area contributed by atoms with E-state index in [4.69, 9.17) is 9.47 Å². The lowest BCUT2D eigenvalue weighted by Gasteiger charge is -2.09. The summed E-state index contributed by atoms with van der Waals surface area (Å²) in [6.07, 6.45) is 6.56. The molecule has 1 rings (SSSR count). The highest BCUT2D eigenvalue weighted by Gasteiger charge is 2.05. The number of methoxy groups -OCH3 is 1. The molecule has 0 heterocycles. The molecule has 0 bridgehead atoms. The molecule has 0 aromatic heterocycles. The van der Waals surface area contributed by atoms with Crippen molar-refractivity contribution in [2.75, 3.05) is 13.7 Å². The maximum atomic E-state index is 11.6. The van der Waals surface area contributed by atoms with Gasteiger partial charge >= 0.3 is 6.09 Å². The number of hydrogen-bond donors (Lipinski definition) is 2. The molecule has 0 saturated carbocycles. The lowest BCUT2D eigenvalue weighted by Crippen LogP contribution is -2.24. The van der Waals surface area contributed by atoms with E-state index in [-0.39, 0.29) is 5.75 Å². The lowest BCUT2D eigenvalue weighted by atomic mass is 10.1. The van der Waals surface area contributed by atoms with Crippen LogP contribution in [0.2, 0.25) is 0 Å². The maximum absolute atomic E-state index is 11.6. The van der Waals surface area contributed by atoms with Gasteiger partial charge in [-0.3, -0.25) is 0 Å². The SMILES string of the molecule is CCCCCCCCOC(=O)NCc1ccc(O)c(OC)c1. The number of carbonyl (C=O) groups excluding carboxylic acids is 1. The van der Waals surface area contributed by atoms with E-state index in [1.54, 1.807) is 12.1 Å². The van der Waals surface area contributed by atoms with E-state index in [0.29, 0.717) is 18.9 Å². The fourth-order valence-electron chi connectivity index (χ4n) is 2.10. The Hall–Kier alpha value is -1.91. The molecule has 0 aliphatic rings. The van der Waals surface area contributed by atoms with Gasteiger partial charge in [0.05, 0.1) is 13.7 Å². The number of carbonyl (C=O) groups is 1. The summed E-state index contributed by atoms with van der Waals surface area (Å²) in [4.78, 5) is 11.6. The Morgan fingerprint density at radius 1 is 1.18 bits per heavy atom. The molecule has 0 radical (unpaired) electrons. The Morgan fingerprint density at radius 2 is 1.91 bits per heavy atom. The predicted octanol–water partition coefficient (Wildman–Crippen LogP) is 3.99. The second-order valence-electron chi connectivity index (χ2n) is 5.26. The van der Waals surface area contributed by atoms with Gasteiger partial charge in [-0.05, 0) is 24.1 Å². The van der Waals surface area contributed by atoms with Crippen molar-refractivity contribution in [2.24, 2.45) is 0 Å². The molecule has 124 valence electrons. The summed E-state index contributed by atoms with van der Waals surface area (Å²) < 4.78 is 10.1. The second kappa shape index (κ2) is 10.8. The molecule has 0 atom stereocenters. The summed E-state index contributed by atoms with van der Waals surface area (Å²) in [6.45, 7) is 2.99. The van der Waals surface area contributed by atoms with Gasteiger partial charge in [-0.15, -0.1) is 0 Å². The van der Waals surface area contributed by atoms with E-state index in [1.807, 2.05) is 0 Å². The zero-order chi connectivity index (χ0) is 16.2. The van der Waals surface area contributed by atoms with Gasteiger partial charge in [-0.1, -0.05) is 45.1 Å². The third-order valence-electron chi connectivity index (χ3n) is 3.41. The van der Waals surface area contributed by atoms with Crippen LogP contribution in [-0.2, 0) is 11.3 Å². The average Bonchev–Trinajstić information content (AvgIpc) is 2.53. The standard InChI is InChI=1S/C17H27NO4/c1-3-4-5-6-7-8-11-22-17(20)18-13-14-9-10-15(19)16(12-14)21-2/h9-10,12,19H,3-8,11,13H2,1-2H3,(H,18,20). The molecular formula is C17H27NO4. The Kier molecular flexibility index (Phi) is 8.88. The van der Waals surface area contributed by atoms with Crippen molar-refractivity contribution in [3.8, 4) is 11.5 Å². The summed E-state index contributed by atoms with van der Waals surface area (Å²) in [7, 11) is 1.49. The molecule has 0 spiro atoms. The molecule has 0 aliphatic heterocycles. The number of phenolic OH excluding ortho intramolecular Hbond substituents is 1. The van der Waals surface area contributed by atoms with Crippen LogP contribution in [0.25, 0.3) is 0 Å². The van der Waals surface area contributed by atoms with E-state index < -0.39 is 6.09 Å². The summed E-state index contributed by atoms with van der Waals surface area (Å²) in [5.41, 5.74) is 0.839. The summed E-state index contributed by atoms with van der Waals surface area (Å²) in [5.74, 6) is 0.469. The molecule has 0 fully saturated rings. The second-order valence-corrected chi connectivity index (χ2v) is 5.26. The van der Waals surface area contributed by atoms with Gasteiger partial charge in [0.15, 0.2) is 11.5 Å². The number of ether oxygens (including phenoxy) is 2. The summed E-state index contributed by atoms with van der Waals surface area (Å²) >= 11 is 0. The van der Waals surface area contributed by atoms with Crippen molar-refractivity contribution in [2.45, 2.75) is 52.0 Å². The first-order chi connectivity index (χ1) is 10.7. The average molecular weight is 309 g/mol. The number of amides is 1. The van der Waals surface area contributed by atoms with Crippen LogP contribution in [0.4, 0.5) is 4.79 Å². The Labute approximate surface area is 132 Å². The van der Waals surface area contributed by atoms with Gasteiger partial charge in [-0.2, -0.15) is 0 Å². The number of benzene rings is 1. The van der Waals surface area contributed by atoms with Crippen molar-refractivity contribution in [3.63, 3.8) is 0 Å². The van der Waals surface area contributed by atoms with Gasteiger partial charge in [0.1, 0.15) is 0 Å². The van der Waals surface area contributed by atoms with Gasteiger partial charge in [0, 0.05) is 6.54 Å². The molecule has 1 amide bonds. The van der Waals surface area contributed by atoms with Crippen molar-refractivity contribution in [1.29, 1.82) is 0 Å². The van der Waals surface area contributed by atoms with Gasteiger partial charge in [0.2, 0.25) is 0 Å². The van der Waals surface area contributed by atoms with E-state index in [1.165, 1.54) is 38.9 Å². The Bertz CT molecular complexity index is 448. The molecule has 1 aromatic rings. The minimum atomic E-state index is -0.416. The van der Waals surface area contributed by atoms with Crippen LogP contribution in [0.5, 0.6) is 11.5 Å². The van der Waals surface area contributed by atoms with Crippen molar-refractivity contribution in [3.05, 3.63) is 23.8 Å². The van der Waals surface area contributed by atoms with E-state index >= 15 is 0 Å².